The van der Waals surface area contributed by atoms with Gasteiger partial charge in [-0.2, -0.15) is 5.10 Å². The number of aromatic amines is 1. The number of fused-ring (bicyclic) bond motifs is 1. The molecule has 0 aliphatic carbocycles. The molecule has 3 aromatic rings. The van der Waals surface area contributed by atoms with Gasteiger partial charge in [0, 0.05) is 5.56 Å². The number of aliphatic hydroxyl groups is 3. The molecule has 4 rings (SSSR count). The summed E-state index contributed by atoms with van der Waals surface area (Å²) < 4.78 is 6.81. The van der Waals surface area contributed by atoms with E-state index in [1.54, 1.807) is 18.2 Å². The lowest BCUT2D eigenvalue weighted by molar-refractivity contribution is -0.0501. The summed E-state index contributed by atoms with van der Waals surface area (Å²) in [6, 6.07) is 6.53. The maximum Gasteiger partial charge on any atom is 0.278 e. The molecule has 1 fully saturated rings. The number of benzene rings is 1. The van der Waals surface area contributed by atoms with Crippen LogP contribution in [0.1, 0.15) is 11.8 Å². The number of imidazole rings is 1. The Labute approximate surface area is 162 Å². The van der Waals surface area contributed by atoms with Crippen LogP contribution >= 0.6 is 0 Å². The van der Waals surface area contributed by atoms with E-state index in [4.69, 9.17) is 4.74 Å². The number of aliphatic hydroxyl groups excluding tert-OH is 3. The number of anilines is 1. The molecule has 0 spiro atoms. The predicted molar refractivity (Wildman–Crippen MR) is 100 cm³/mol. The normalized spacial score (nSPS) is 24.5. The van der Waals surface area contributed by atoms with Crippen LogP contribution in [-0.4, -0.2) is 71.1 Å². The summed E-state index contributed by atoms with van der Waals surface area (Å²) in [5.41, 5.74) is 2.60. The molecule has 12 nitrogen and oxygen atoms in total. The van der Waals surface area contributed by atoms with E-state index in [9.17, 15) is 25.2 Å². The van der Waals surface area contributed by atoms with Gasteiger partial charge < -0.3 is 30.1 Å². The van der Waals surface area contributed by atoms with Crippen LogP contribution in [0.15, 0.2) is 40.5 Å². The van der Waals surface area contributed by atoms with Crippen molar-refractivity contribution in [1.29, 1.82) is 0 Å². The highest BCUT2D eigenvalue weighted by atomic mass is 16.6. The van der Waals surface area contributed by atoms with Gasteiger partial charge in [-0.3, -0.25) is 9.36 Å². The van der Waals surface area contributed by atoms with Gasteiger partial charge in [0.05, 0.1) is 19.1 Å². The van der Waals surface area contributed by atoms with Crippen LogP contribution in [0, 0.1) is 0 Å². The van der Waals surface area contributed by atoms with Gasteiger partial charge in [-0.05, 0) is 12.1 Å². The number of nitrogens with one attached hydrogen (secondary N) is 2. The Morgan fingerprint density at radius 3 is 2.83 bits per heavy atom. The number of aromatic nitrogens is 4. The van der Waals surface area contributed by atoms with Gasteiger partial charge in [0.15, 0.2) is 17.4 Å². The first kappa shape index (κ1) is 19.0. The van der Waals surface area contributed by atoms with Crippen LogP contribution in [0.4, 0.5) is 5.95 Å². The molecule has 0 saturated carbocycles. The predicted octanol–water partition coefficient (Wildman–Crippen LogP) is -1.12. The van der Waals surface area contributed by atoms with Crippen molar-refractivity contribution in [2.24, 2.45) is 5.10 Å². The van der Waals surface area contributed by atoms with E-state index < -0.39 is 36.7 Å². The molecule has 4 atom stereocenters. The van der Waals surface area contributed by atoms with E-state index >= 15 is 0 Å². The summed E-state index contributed by atoms with van der Waals surface area (Å²) in [7, 11) is 0. The molecule has 12 heteroatoms. The third-order valence-electron chi connectivity index (χ3n) is 4.56. The van der Waals surface area contributed by atoms with Gasteiger partial charge in [0.2, 0.25) is 5.95 Å². The number of rotatable bonds is 5. The average Bonchev–Trinajstić information content (AvgIpc) is 3.22. The van der Waals surface area contributed by atoms with E-state index in [-0.39, 0.29) is 22.9 Å². The van der Waals surface area contributed by atoms with E-state index in [0.29, 0.717) is 5.56 Å². The van der Waals surface area contributed by atoms with Crippen LogP contribution in [-0.2, 0) is 4.74 Å². The van der Waals surface area contributed by atoms with Crippen molar-refractivity contribution in [3.05, 3.63) is 46.5 Å². The number of para-hydroxylation sites is 1. The molecule has 3 heterocycles. The quantitative estimate of drug-likeness (QED) is 0.228. The van der Waals surface area contributed by atoms with Crippen molar-refractivity contribution in [3.8, 4) is 5.75 Å². The number of hydrogen-bond acceptors (Lipinski definition) is 10. The Morgan fingerprint density at radius 1 is 1.31 bits per heavy atom. The number of hydrogen-bond donors (Lipinski definition) is 6. The van der Waals surface area contributed by atoms with Crippen molar-refractivity contribution < 1.29 is 25.2 Å². The molecule has 152 valence electrons. The van der Waals surface area contributed by atoms with E-state index in [0.717, 1.165) is 0 Å². The van der Waals surface area contributed by atoms with Crippen LogP contribution in [0.25, 0.3) is 11.2 Å². The van der Waals surface area contributed by atoms with Crippen molar-refractivity contribution in [3.63, 3.8) is 0 Å². The lowest BCUT2D eigenvalue weighted by Crippen LogP contribution is -2.33. The molecule has 1 saturated heterocycles. The number of ether oxygens (including phenoxy) is 1. The fraction of sp³-hybridized carbons (Fsp3) is 0.294. The van der Waals surface area contributed by atoms with Crippen LogP contribution < -0.4 is 11.0 Å². The van der Waals surface area contributed by atoms with Crippen LogP contribution in [0.2, 0.25) is 0 Å². The second kappa shape index (κ2) is 7.60. The Balaban J connectivity index is 1.74. The second-order valence-corrected chi connectivity index (χ2v) is 6.37. The molecule has 4 unspecified atom stereocenters. The number of phenols is 1. The van der Waals surface area contributed by atoms with Gasteiger partial charge >= 0.3 is 0 Å². The number of phenolic OH excluding ortho intramolecular Hbond substituents is 1. The molecule has 2 aromatic heterocycles. The number of H-pyrrole nitrogens is 1. The van der Waals surface area contributed by atoms with Crippen molar-refractivity contribution in [2.75, 3.05) is 12.0 Å². The summed E-state index contributed by atoms with van der Waals surface area (Å²) >= 11 is 0. The highest BCUT2D eigenvalue weighted by Crippen LogP contribution is 2.33. The Bertz CT molecular complexity index is 1110. The Morgan fingerprint density at radius 2 is 2.10 bits per heavy atom. The summed E-state index contributed by atoms with van der Waals surface area (Å²) in [5, 5.41) is 43.6. The molecular weight excluding hydrogens is 384 g/mol. The molecule has 0 bridgehead atoms. The highest BCUT2D eigenvalue weighted by Gasteiger charge is 2.45. The lowest BCUT2D eigenvalue weighted by atomic mass is 10.1. The smallest absolute Gasteiger partial charge is 0.278 e. The fourth-order valence-corrected chi connectivity index (χ4v) is 3.09. The van der Waals surface area contributed by atoms with Gasteiger partial charge in [-0.15, -0.1) is 0 Å². The first-order valence-corrected chi connectivity index (χ1v) is 8.66. The van der Waals surface area contributed by atoms with E-state index in [1.807, 2.05) is 0 Å². The first-order valence-electron chi connectivity index (χ1n) is 8.66. The monoisotopic (exact) mass is 402 g/mol. The zero-order valence-corrected chi connectivity index (χ0v) is 14.9. The first-order chi connectivity index (χ1) is 14.0. The van der Waals surface area contributed by atoms with E-state index in [1.165, 1.54) is 23.2 Å². The maximum atomic E-state index is 12.1. The molecule has 0 radical (unpaired) electrons. The van der Waals surface area contributed by atoms with Gasteiger partial charge in [-0.1, -0.05) is 12.1 Å². The molecule has 1 aromatic carbocycles. The highest BCUT2D eigenvalue weighted by molar-refractivity contribution is 5.83. The number of hydrazone groups is 1. The van der Waals surface area contributed by atoms with Crippen LogP contribution in [0.3, 0.4) is 0 Å². The lowest BCUT2D eigenvalue weighted by Gasteiger charge is -2.18. The average molecular weight is 402 g/mol. The third-order valence-corrected chi connectivity index (χ3v) is 4.56. The van der Waals surface area contributed by atoms with Crippen molar-refractivity contribution >= 4 is 23.3 Å². The topological polar surface area (TPSA) is 178 Å². The molecular formula is C17H18N6O6. The SMILES string of the molecule is O=c1[nH]cnc2c1nc(NN=Cc1ccccc1O)n2C1OC(CO)C(O)C1O. The molecule has 1 aliphatic heterocycles. The third kappa shape index (κ3) is 3.34. The minimum Gasteiger partial charge on any atom is -0.507 e. The minimum absolute atomic E-state index is 0.00529. The minimum atomic E-state index is -1.41. The Kier molecular flexibility index (Phi) is 4.98. The summed E-state index contributed by atoms with van der Waals surface area (Å²) in [4.78, 5) is 22.7. The largest absolute Gasteiger partial charge is 0.507 e. The van der Waals surface area contributed by atoms with Gasteiger partial charge in [-0.25, -0.2) is 15.4 Å². The summed E-state index contributed by atoms with van der Waals surface area (Å²) in [6.45, 7) is -0.510. The zero-order chi connectivity index (χ0) is 20.5. The second-order valence-electron chi connectivity index (χ2n) is 6.37. The van der Waals surface area contributed by atoms with Crippen molar-refractivity contribution in [2.45, 2.75) is 24.5 Å². The standard InChI is InChI=1S/C17H18N6O6/c24-6-10-12(26)13(27)16(29-10)23-14-11(15(28)19-7-18-14)21-17(23)22-20-5-8-3-1-2-4-9(8)25/h1-5,7,10,12-13,16,24-27H,6H2,(H,21,22)(H,18,19,28). The number of aromatic hydroxyl groups is 1. The molecule has 0 amide bonds. The van der Waals surface area contributed by atoms with Gasteiger partial charge in [0.1, 0.15) is 24.1 Å². The number of nitrogens with zero attached hydrogens (tertiary/aromatic N) is 4. The zero-order valence-electron chi connectivity index (χ0n) is 14.9. The molecule has 6 N–H and O–H groups in total. The fourth-order valence-electron chi connectivity index (χ4n) is 3.09. The molecule has 29 heavy (non-hydrogen) atoms. The maximum absolute atomic E-state index is 12.1. The Hall–Kier alpha value is -3.32. The van der Waals surface area contributed by atoms with Crippen molar-refractivity contribution in [1.82, 2.24) is 19.5 Å². The van der Waals surface area contributed by atoms with E-state index in [2.05, 4.69) is 25.5 Å². The summed E-state index contributed by atoms with van der Waals surface area (Å²) in [6.07, 6.45) is -2.44. The summed E-state index contributed by atoms with van der Waals surface area (Å²) in [5.74, 6) is 0.0267. The molecule has 1 aliphatic rings. The van der Waals surface area contributed by atoms with Crippen LogP contribution in [0.5, 0.6) is 5.75 Å². The van der Waals surface area contributed by atoms with Gasteiger partial charge in [0.25, 0.3) is 5.56 Å².